The van der Waals surface area contributed by atoms with Crippen molar-refractivity contribution >= 4 is 70.0 Å². The molecule has 4 aromatic carbocycles. The van der Waals surface area contributed by atoms with Gasteiger partial charge in [-0.25, -0.2) is 19.9 Å². The SMILES string of the molecule is Cc1ccc(Cl)c(OC2CCN(c3ncnc(Nc4cccc(NC(=O)CCC(=O)Nc5cccc(Nc6ncnc(N7CCC(Oc8ccc(C#N)cc8C(F)(F)F)CC7)n6)c5)c4)n3)CC2)c1. The van der Waals surface area contributed by atoms with E-state index < -0.39 is 17.8 Å². The molecule has 0 spiro atoms. The summed E-state index contributed by atoms with van der Waals surface area (Å²) >= 11 is 6.34. The monoisotopic (exact) mass is 947 g/mol. The van der Waals surface area contributed by atoms with Crippen LogP contribution in [0, 0.1) is 18.3 Å². The lowest BCUT2D eigenvalue weighted by Gasteiger charge is -2.32. The molecule has 350 valence electrons. The van der Waals surface area contributed by atoms with Gasteiger partial charge in [0.2, 0.25) is 35.6 Å². The Morgan fingerprint density at radius 1 is 0.691 bits per heavy atom. The van der Waals surface area contributed by atoms with Gasteiger partial charge in [0.05, 0.1) is 22.2 Å². The van der Waals surface area contributed by atoms with E-state index in [4.69, 9.17) is 26.3 Å². The van der Waals surface area contributed by atoms with Gasteiger partial charge in [0, 0.05) is 87.5 Å². The highest BCUT2D eigenvalue weighted by molar-refractivity contribution is 6.32. The number of carbonyl (C=O) groups excluding carboxylic acids is 2. The van der Waals surface area contributed by atoms with Crippen LogP contribution in [-0.4, -0.2) is 80.1 Å². The van der Waals surface area contributed by atoms with Crippen molar-refractivity contribution in [2.75, 3.05) is 57.2 Å². The Bertz CT molecular complexity index is 2800. The largest absolute Gasteiger partial charge is 0.490 e. The predicted molar refractivity (Wildman–Crippen MR) is 250 cm³/mol. The van der Waals surface area contributed by atoms with Crippen LogP contribution in [0.4, 0.5) is 59.7 Å². The molecule has 0 aliphatic carbocycles. The van der Waals surface area contributed by atoms with Crippen molar-refractivity contribution in [2.45, 2.75) is 63.8 Å². The van der Waals surface area contributed by atoms with Crippen molar-refractivity contribution in [3.8, 4) is 17.6 Å². The maximum Gasteiger partial charge on any atom is 0.420 e. The molecule has 0 bridgehead atoms. The van der Waals surface area contributed by atoms with Gasteiger partial charge >= 0.3 is 6.18 Å². The van der Waals surface area contributed by atoms with Gasteiger partial charge in [-0.15, -0.1) is 0 Å². The highest BCUT2D eigenvalue weighted by atomic mass is 35.5. The first kappa shape index (κ1) is 46.7. The summed E-state index contributed by atoms with van der Waals surface area (Å²) in [5, 5.41) is 21.6. The summed E-state index contributed by atoms with van der Waals surface area (Å²) in [6.45, 7) is 4.23. The second kappa shape index (κ2) is 21.2. The van der Waals surface area contributed by atoms with E-state index in [9.17, 15) is 22.8 Å². The number of benzene rings is 4. The van der Waals surface area contributed by atoms with Gasteiger partial charge in [0.25, 0.3) is 0 Å². The first-order valence-electron chi connectivity index (χ1n) is 21.8. The number of aromatic nitrogens is 6. The number of piperidine rings is 2. The molecular formula is C47H45ClF3N13O4. The minimum atomic E-state index is -4.67. The summed E-state index contributed by atoms with van der Waals surface area (Å²) in [6, 6.07) is 24.7. The number of hydrogen-bond acceptors (Lipinski definition) is 15. The molecule has 17 nitrogen and oxygen atoms in total. The lowest BCUT2D eigenvalue weighted by molar-refractivity contribution is -0.139. The van der Waals surface area contributed by atoms with Gasteiger partial charge in [-0.05, 0) is 79.2 Å². The molecule has 0 radical (unpaired) electrons. The zero-order chi connectivity index (χ0) is 47.6. The van der Waals surface area contributed by atoms with E-state index in [0.717, 1.165) is 24.5 Å². The van der Waals surface area contributed by atoms with Crippen molar-refractivity contribution < 1.29 is 32.2 Å². The number of nitriles is 1. The van der Waals surface area contributed by atoms with Crippen LogP contribution < -0.4 is 40.5 Å². The topological polar surface area (TPSA) is 208 Å². The van der Waals surface area contributed by atoms with Crippen LogP contribution in [0.15, 0.2) is 97.6 Å². The van der Waals surface area contributed by atoms with E-state index in [1.165, 1.54) is 24.8 Å². The fraction of sp³-hybridized carbons (Fsp3) is 0.298. The van der Waals surface area contributed by atoms with Crippen LogP contribution >= 0.6 is 11.6 Å². The Labute approximate surface area is 394 Å². The maximum absolute atomic E-state index is 13.7. The molecule has 0 atom stereocenters. The maximum atomic E-state index is 13.7. The number of alkyl halides is 3. The fourth-order valence-corrected chi connectivity index (χ4v) is 7.78. The summed E-state index contributed by atoms with van der Waals surface area (Å²) in [5.41, 5.74) is 2.21. The van der Waals surface area contributed by atoms with Gasteiger partial charge in [0.1, 0.15) is 36.4 Å². The van der Waals surface area contributed by atoms with Crippen LogP contribution in [0.25, 0.3) is 0 Å². The average Bonchev–Trinajstić information content (AvgIpc) is 3.33. The molecule has 4 N–H and O–H groups in total. The molecule has 4 heterocycles. The molecule has 21 heteroatoms. The van der Waals surface area contributed by atoms with E-state index in [1.807, 2.05) is 36.1 Å². The molecule has 6 aromatic rings. The Morgan fingerprint density at radius 3 is 1.69 bits per heavy atom. The second-order valence-electron chi connectivity index (χ2n) is 16.1. The van der Waals surface area contributed by atoms with Gasteiger partial charge in [-0.3, -0.25) is 9.59 Å². The van der Waals surface area contributed by atoms with Gasteiger partial charge in [-0.1, -0.05) is 29.8 Å². The predicted octanol–water partition coefficient (Wildman–Crippen LogP) is 8.85. The Kier molecular flexibility index (Phi) is 14.6. The Balaban J connectivity index is 0.771. The van der Waals surface area contributed by atoms with Crippen LogP contribution in [0.5, 0.6) is 11.5 Å². The fourth-order valence-electron chi connectivity index (χ4n) is 7.61. The molecule has 2 amide bonds. The molecule has 8 rings (SSSR count). The number of rotatable bonds is 15. The highest BCUT2D eigenvalue weighted by Gasteiger charge is 2.36. The number of nitrogens with one attached hydrogen (secondary N) is 4. The van der Waals surface area contributed by atoms with Crippen molar-refractivity contribution in [2.24, 2.45) is 0 Å². The summed E-state index contributed by atoms with van der Waals surface area (Å²) in [7, 11) is 0. The van der Waals surface area contributed by atoms with E-state index in [0.29, 0.717) is 90.4 Å². The lowest BCUT2D eigenvalue weighted by atomic mass is 10.1. The van der Waals surface area contributed by atoms with Crippen LogP contribution in [0.3, 0.4) is 0 Å². The van der Waals surface area contributed by atoms with Gasteiger partial charge in [0.15, 0.2) is 0 Å². The molecule has 2 aliphatic heterocycles. The third-order valence-corrected chi connectivity index (χ3v) is 11.4. The van der Waals surface area contributed by atoms with Crippen LogP contribution in [0.2, 0.25) is 5.02 Å². The minimum absolute atomic E-state index is 0.0220. The summed E-state index contributed by atoms with van der Waals surface area (Å²) in [4.78, 5) is 56.1. The number of ether oxygens (including phenoxy) is 2. The van der Waals surface area contributed by atoms with Crippen molar-refractivity contribution in [1.82, 2.24) is 29.9 Å². The van der Waals surface area contributed by atoms with Gasteiger partial charge < -0.3 is 40.5 Å². The number of amides is 2. The number of carbonyl (C=O) groups is 2. The summed E-state index contributed by atoms with van der Waals surface area (Å²) < 4.78 is 52.9. The third kappa shape index (κ3) is 12.6. The van der Waals surface area contributed by atoms with Crippen LogP contribution in [0.1, 0.15) is 55.2 Å². The van der Waals surface area contributed by atoms with E-state index in [2.05, 4.69) is 56.1 Å². The Hall–Kier alpha value is -7.79. The highest BCUT2D eigenvalue weighted by Crippen LogP contribution is 2.38. The minimum Gasteiger partial charge on any atom is -0.490 e. The summed E-state index contributed by atoms with van der Waals surface area (Å²) in [6.07, 6.45) is -0.108. The van der Waals surface area contributed by atoms with E-state index >= 15 is 0 Å². The molecule has 2 fully saturated rings. The van der Waals surface area contributed by atoms with Crippen molar-refractivity contribution in [1.29, 1.82) is 5.26 Å². The average molecular weight is 948 g/mol. The normalized spacial score (nSPS) is 14.4. The number of hydrogen-bond donors (Lipinski definition) is 4. The zero-order valence-electron chi connectivity index (χ0n) is 36.6. The number of nitrogens with zero attached hydrogens (tertiary/aromatic N) is 9. The molecule has 2 aliphatic rings. The second-order valence-corrected chi connectivity index (χ2v) is 16.5. The molecule has 2 saturated heterocycles. The molecule has 0 saturated carbocycles. The smallest absolute Gasteiger partial charge is 0.420 e. The summed E-state index contributed by atoms with van der Waals surface area (Å²) in [5.74, 6) is 1.15. The third-order valence-electron chi connectivity index (χ3n) is 11.0. The van der Waals surface area contributed by atoms with Crippen molar-refractivity contribution in [3.05, 3.63) is 119 Å². The van der Waals surface area contributed by atoms with Crippen molar-refractivity contribution in [3.63, 3.8) is 0 Å². The lowest BCUT2D eigenvalue weighted by Crippen LogP contribution is -2.39. The number of anilines is 8. The van der Waals surface area contributed by atoms with E-state index in [1.54, 1.807) is 48.5 Å². The Morgan fingerprint density at radius 2 is 1.19 bits per heavy atom. The number of halogens is 4. The zero-order valence-corrected chi connectivity index (χ0v) is 37.4. The first-order chi connectivity index (χ1) is 32.8. The molecule has 0 unspecified atom stereocenters. The number of aryl methyl sites for hydroxylation is 1. The molecule has 2 aromatic heterocycles. The molecular weight excluding hydrogens is 903 g/mol. The van der Waals surface area contributed by atoms with Crippen LogP contribution in [-0.2, 0) is 15.8 Å². The first-order valence-corrected chi connectivity index (χ1v) is 22.1. The van der Waals surface area contributed by atoms with Gasteiger partial charge in [-0.2, -0.15) is 28.4 Å². The molecule has 68 heavy (non-hydrogen) atoms. The standard InChI is InChI=1S/C47H45ClF3N13O4/c1-29-8-10-38(48)40(22-29)68-36-16-20-64(21-17-36)46-56-28-54-44(62-46)60-34-7-3-5-32(25-34)58-42(66)13-12-41(65)57-31-4-2-6-33(24-31)59-43-53-27-55-45(61-43)63-18-14-35(15-19-63)67-39-11-9-30(26-52)23-37(39)47(49,50)51/h2-11,22-25,27-28,35-36H,12-21H2,1H3,(H,57,65)(H,58,66)(H,53,55,59,61)(H,54,56,60,62). The van der Waals surface area contributed by atoms with E-state index in [-0.39, 0.29) is 48.0 Å². The quantitative estimate of drug-likeness (QED) is 0.0758.